The summed E-state index contributed by atoms with van der Waals surface area (Å²) in [6.07, 6.45) is -4.93. The Morgan fingerprint density at radius 2 is 1.83 bits per heavy atom. The molecule has 8 nitrogen and oxygen atoms in total. The lowest BCUT2D eigenvalue weighted by Crippen LogP contribution is -2.46. The second-order valence-corrected chi connectivity index (χ2v) is 11.5. The van der Waals surface area contributed by atoms with Crippen LogP contribution in [0.25, 0.3) is 10.2 Å². The molecule has 13 heteroatoms. The van der Waals surface area contributed by atoms with Gasteiger partial charge in [0.05, 0.1) is 10.3 Å². The Morgan fingerprint density at radius 1 is 1.17 bits per heavy atom. The number of alkyl halides is 3. The summed E-state index contributed by atoms with van der Waals surface area (Å²) in [6.45, 7) is 0.438. The van der Waals surface area contributed by atoms with E-state index in [0.29, 0.717) is 10.3 Å². The molecule has 36 heavy (non-hydrogen) atoms. The Hall–Kier alpha value is -2.90. The molecular weight excluding hydrogens is 517 g/mol. The molecule has 0 saturated carbocycles. The maximum absolute atomic E-state index is 12.9. The highest BCUT2D eigenvalue weighted by atomic mass is 32.2. The number of sulfonamides is 1. The number of amides is 1. The van der Waals surface area contributed by atoms with E-state index in [9.17, 15) is 31.5 Å². The smallest absolute Gasteiger partial charge is 0.389 e. The number of likely N-dealkylation sites (tertiary alicyclic amines) is 1. The van der Waals surface area contributed by atoms with Gasteiger partial charge in [0.2, 0.25) is 0 Å². The van der Waals surface area contributed by atoms with Crippen LogP contribution in [-0.4, -0.2) is 54.2 Å². The second kappa shape index (κ2) is 9.87. The van der Waals surface area contributed by atoms with Gasteiger partial charge < -0.3 is 15.7 Å². The standard InChI is InChI=1S/C23H25F3N4O4S2/c24-23(25,26)10-2-9-22(32)11-13-30(14-12-22)20(31)15-5-7-16(8-6-15)29-36(33,34)18-4-1-3-17-19(18)28-21(27)35-17/h1,3-8,29,32H,2,9-14H2,(H2,27,28). The van der Waals surface area contributed by atoms with Crippen LogP contribution in [0, 0.1) is 0 Å². The van der Waals surface area contributed by atoms with Crippen LogP contribution in [0.1, 0.15) is 42.5 Å². The molecule has 0 unspecified atom stereocenters. The molecule has 0 bridgehead atoms. The Balaban J connectivity index is 1.37. The SMILES string of the molecule is Nc1nc2c(S(=O)(=O)Nc3ccc(C(=O)N4CCC(O)(CCCC(F)(F)F)CC4)cc3)cccc2s1. The molecule has 3 aromatic rings. The maximum atomic E-state index is 12.9. The molecule has 194 valence electrons. The lowest BCUT2D eigenvalue weighted by atomic mass is 9.86. The number of rotatable bonds is 7. The van der Waals surface area contributed by atoms with Crippen LogP contribution < -0.4 is 10.5 Å². The second-order valence-electron chi connectivity index (χ2n) is 8.82. The summed E-state index contributed by atoms with van der Waals surface area (Å²) >= 11 is 1.18. The maximum Gasteiger partial charge on any atom is 0.389 e. The summed E-state index contributed by atoms with van der Waals surface area (Å²) in [4.78, 5) is 18.5. The third kappa shape index (κ3) is 6.08. The quantitative estimate of drug-likeness (QED) is 0.407. The minimum absolute atomic E-state index is 0.0101. The van der Waals surface area contributed by atoms with Crippen LogP contribution in [0.3, 0.4) is 0 Å². The Morgan fingerprint density at radius 3 is 2.47 bits per heavy atom. The first-order valence-corrected chi connectivity index (χ1v) is 13.5. The zero-order chi connectivity index (χ0) is 26.1. The molecule has 1 aromatic heterocycles. The van der Waals surface area contributed by atoms with Crippen molar-refractivity contribution in [3.8, 4) is 0 Å². The fourth-order valence-corrected chi connectivity index (χ4v) is 6.27. The van der Waals surface area contributed by atoms with E-state index in [2.05, 4.69) is 9.71 Å². The molecule has 0 radical (unpaired) electrons. The van der Waals surface area contributed by atoms with Crippen LogP contribution in [0.4, 0.5) is 24.0 Å². The van der Waals surface area contributed by atoms with Gasteiger partial charge in [-0.2, -0.15) is 13.2 Å². The number of para-hydroxylation sites is 1. The van der Waals surface area contributed by atoms with Crippen molar-refractivity contribution in [1.29, 1.82) is 0 Å². The third-order valence-electron chi connectivity index (χ3n) is 6.16. The number of hydrogen-bond donors (Lipinski definition) is 3. The van der Waals surface area contributed by atoms with Crippen LogP contribution in [-0.2, 0) is 10.0 Å². The van der Waals surface area contributed by atoms with Gasteiger partial charge in [0.25, 0.3) is 15.9 Å². The number of hydrogen-bond acceptors (Lipinski definition) is 7. The highest BCUT2D eigenvalue weighted by Gasteiger charge is 2.35. The van der Waals surface area contributed by atoms with Crippen molar-refractivity contribution in [2.45, 2.75) is 48.8 Å². The topological polar surface area (TPSA) is 126 Å². The minimum atomic E-state index is -4.25. The van der Waals surface area contributed by atoms with Crippen molar-refractivity contribution < 1.29 is 31.5 Å². The summed E-state index contributed by atoms with van der Waals surface area (Å²) < 4.78 is 66.1. The van der Waals surface area contributed by atoms with Crippen molar-refractivity contribution in [3.63, 3.8) is 0 Å². The number of nitrogens with one attached hydrogen (secondary N) is 1. The van der Waals surface area contributed by atoms with Crippen molar-refractivity contribution >= 4 is 48.3 Å². The molecule has 4 N–H and O–H groups in total. The van der Waals surface area contributed by atoms with E-state index in [4.69, 9.17) is 5.73 Å². The lowest BCUT2D eigenvalue weighted by molar-refractivity contribution is -0.138. The van der Waals surface area contributed by atoms with Gasteiger partial charge >= 0.3 is 6.18 Å². The zero-order valence-corrected chi connectivity index (χ0v) is 20.7. The Kier molecular flexibility index (Phi) is 7.17. The van der Waals surface area contributed by atoms with E-state index >= 15 is 0 Å². The Bertz CT molecular complexity index is 1350. The molecule has 1 amide bonds. The van der Waals surface area contributed by atoms with Crippen LogP contribution in [0.2, 0.25) is 0 Å². The number of halogens is 3. The van der Waals surface area contributed by atoms with E-state index in [1.54, 1.807) is 12.1 Å². The first-order chi connectivity index (χ1) is 16.9. The van der Waals surface area contributed by atoms with E-state index in [1.165, 1.54) is 46.6 Å². The molecule has 0 aliphatic carbocycles. The molecule has 2 heterocycles. The van der Waals surface area contributed by atoms with Gasteiger partial charge in [-0.15, -0.1) is 0 Å². The van der Waals surface area contributed by atoms with Gasteiger partial charge in [0.15, 0.2) is 5.13 Å². The largest absolute Gasteiger partial charge is 0.390 e. The van der Waals surface area contributed by atoms with Crippen molar-refractivity contribution in [3.05, 3.63) is 48.0 Å². The third-order valence-corrected chi connectivity index (χ3v) is 8.42. The van der Waals surface area contributed by atoms with Gasteiger partial charge in [-0.3, -0.25) is 9.52 Å². The first kappa shape index (κ1) is 26.2. The van der Waals surface area contributed by atoms with Crippen molar-refractivity contribution in [1.82, 2.24) is 9.88 Å². The van der Waals surface area contributed by atoms with E-state index in [-0.39, 0.29) is 65.9 Å². The number of nitrogen functional groups attached to an aromatic ring is 1. The van der Waals surface area contributed by atoms with Crippen molar-refractivity contribution in [2.24, 2.45) is 0 Å². The molecule has 0 spiro atoms. The fourth-order valence-electron chi connectivity index (χ4n) is 4.22. The predicted molar refractivity (Wildman–Crippen MR) is 131 cm³/mol. The summed E-state index contributed by atoms with van der Waals surface area (Å²) in [5.41, 5.74) is 5.36. The molecular formula is C23H25F3N4O4S2. The highest BCUT2D eigenvalue weighted by Crippen LogP contribution is 2.32. The molecule has 2 aromatic carbocycles. The average molecular weight is 543 g/mol. The number of fused-ring (bicyclic) bond motifs is 1. The number of piperidine rings is 1. The molecule has 0 atom stereocenters. The van der Waals surface area contributed by atoms with Crippen LogP contribution in [0.5, 0.6) is 0 Å². The molecule has 1 saturated heterocycles. The van der Waals surface area contributed by atoms with E-state index in [0.717, 1.165) is 0 Å². The number of nitrogens with zero attached hydrogens (tertiary/aromatic N) is 2. The number of thiazole rings is 1. The Labute approximate surface area is 210 Å². The number of aromatic nitrogens is 1. The zero-order valence-electron chi connectivity index (χ0n) is 19.1. The van der Waals surface area contributed by atoms with Gasteiger partial charge in [-0.05, 0) is 62.1 Å². The van der Waals surface area contributed by atoms with Gasteiger partial charge in [0.1, 0.15) is 10.4 Å². The number of aliphatic hydroxyl groups is 1. The lowest BCUT2D eigenvalue weighted by Gasteiger charge is -2.38. The minimum Gasteiger partial charge on any atom is -0.390 e. The number of benzene rings is 2. The summed E-state index contributed by atoms with van der Waals surface area (Å²) in [6, 6.07) is 10.7. The van der Waals surface area contributed by atoms with E-state index < -0.39 is 28.2 Å². The van der Waals surface area contributed by atoms with E-state index in [1.807, 2.05) is 0 Å². The van der Waals surface area contributed by atoms with Crippen LogP contribution >= 0.6 is 11.3 Å². The first-order valence-electron chi connectivity index (χ1n) is 11.2. The van der Waals surface area contributed by atoms with Crippen molar-refractivity contribution in [2.75, 3.05) is 23.5 Å². The molecule has 1 aliphatic rings. The number of anilines is 2. The molecule has 1 aliphatic heterocycles. The summed E-state index contributed by atoms with van der Waals surface area (Å²) in [5.74, 6) is -0.301. The summed E-state index contributed by atoms with van der Waals surface area (Å²) in [7, 11) is -3.97. The number of carbonyl (C=O) groups excluding carboxylic acids is 1. The van der Waals surface area contributed by atoms with Gasteiger partial charge in [-0.25, -0.2) is 13.4 Å². The average Bonchev–Trinajstić information content (AvgIpc) is 3.18. The number of nitrogens with two attached hydrogens (primary N) is 1. The van der Waals surface area contributed by atoms with Gasteiger partial charge in [-0.1, -0.05) is 17.4 Å². The fraction of sp³-hybridized carbons (Fsp3) is 0.391. The predicted octanol–water partition coefficient (Wildman–Crippen LogP) is 4.38. The van der Waals surface area contributed by atoms with Crippen LogP contribution in [0.15, 0.2) is 47.4 Å². The monoisotopic (exact) mass is 542 g/mol. The normalized spacial score (nSPS) is 16.3. The summed E-state index contributed by atoms with van der Waals surface area (Å²) in [5, 5.41) is 10.8. The number of carbonyl (C=O) groups is 1. The molecule has 4 rings (SSSR count). The van der Waals surface area contributed by atoms with Gasteiger partial charge in [0, 0.05) is 30.8 Å². The molecule has 1 fully saturated rings. The highest BCUT2D eigenvalue weighted by molar-refractivity contribution is 7.93.